The molecule has 2 unspecified atom stereocenters. The molecule has 0 bridgehead atoms. The predicted octanol–water partition coefficient (Wildman–Crippen LogP) is 4.47. The van der Waals surface area contributed by atoms with E-state index in [9.17, 15) is 0 Å². The van der Waals surface area contributed by atoms with Crippen molar-refractivity contribution in [3.8, 4) is 0 Å². The average molecular weight is 247 g/mol. The Morgan fingerprint density at radius 2 is 1.33 bits per heavy atom. The third-order valence-electron chi connectivity index (χ3n) is 4.62. The topological polar surface area (TPSA) is 12.0 Å². The lowest BCUT2D eigenvalue weighted by molar-refractivity contribution is 0.315. The fourth-order valence-electron chi connectivity index (χ4n) is 2.77. The Labute approximate surface area is 113 Å². The van der Waals surface area contributed by atoms with Crippen molar-refractivity contribution in [3.63, 3.8) is 0 Å². The standard InChI is InChI=1S/C17H29N/c1-10(2)13(5)17(18-8)16-14(6)11(3)9-12(4)15(16)7/h9-10,13,17-18H,1-8H3. The smallest absolute Gasteiger partial charge is 0.0351 e. The summed E-state index contributed by atoms with van der Waals surface area (Å²) in [6.45, 7) is 15.9. The van der Waals surface area contributed by atoms with E-state index in [-0.39, 0.29) is 0 Å². The van der Waals surface area contributed by atoms with Crippen molar-refractivity contribution >= 4 is 0 Å². The van der Waals surface area contributed by atoms with Gasteiger partial charge >= 0.3 is 0 Å². The van der Waals surface area contributed by atoms with Crippen LogP contribution >= 0.6 is 0 Å². The molecular weight excluding hydrogens is 218 g/mol. The quantitative estimate of drug-likeness (QED) is 0.827. The number of benzene rings is 1. The van der Waals surface area contributed by atoms with E-state index in [1.54, 1.807) is 0 Å². The van der Waals surface area contributed by atoms with Crippen molar-refractivity contribution in [2.24, 2.45) is 11.8 Å². The van der Waals surface area contributed by atoms with Crippen LogP contribution < -0.4 is 5.32 Å². The van der Waals surface area contributed by atoms with Gasteiger partial charge in [0.2, 0.25) is 0 Å². The minimum absolute atomic E-state index is 0.448. The number of nitrogens with one attached hydrogen (secondary N) is 1. The summed E-state index contributed by atoms with van der Waals surface area (Å²) in [7, 11) is 2.08. The molecular formula is C17H29N. The highest BCUT2D eigenvalue weighted by atomic mass is 14.9. The van der Waals surface area contributed by atoms with E-state index >= 15 is 0 Å². The molecule has 0 aliphatic heterocycles. The van der Waals surface area contributed by atoms with E-state index in [4.69, 9.17) is 0 Å². The summed E-state index contributed by atoms with van der Waals surface area (Å²) in [5.74, 6) is 1.32. The highest BCUT2D eigenvalue weighted by Crippen LogP contribution is 2.34. The first-order chi connectivity index (χ1) is 8.31. The zero-order chi connectivity index (χ0) is 14.0. The Morgan fingerprint density at radius 3 is 1.67 bits per heavy atom. The largest absolute Gasteiger partial charge is 0.313 e. The van der Waals surface area contributed by atoms with Gasteiger partial charge in [0.1, 0.15) is 0 Å². The third kappa shape index (κ3) is 2.77. The lowest BCUT2D eigenvalue weighted by Crippen LogP contribution is -2.28. The maximum Gasteiger partial charge on any atom is 0.0351 e. The molecule has 0 aromatic heterocycles. The summed E-state index contributed by atoms with van der Waals surface area (Å²) in [6.07, 6.45) is 0. The van der Waals surface area contributed by atoms with Crippen LogP contribution in [0.3, 0.4) is 0 Å². The van der Waals surface area contributed by atoms with Gasteiger partial charge in [0.25, 0.3) is 0 Å². The zero-order valence-electron chi connectivity index (χ0n) is 13.3. The fourth-order valence-corrected chi connectivity index (χ4v) is 2.77. The summed E-state index contributed by atoms with van der Waals surface area (Å²) >= 11 is 0. The SMILES string of the molecule is CNC(c1c(C)c(C)cc(C)c1C)C(C)C(C)C. The molecule has 1 nitrogen and oxygen atoms in total. The number of aryl methyl sites for hydroxylation is 2. The minimum Gasteiger partial charge on any atom is -0.313 e. The zero-order valence-corrected chi connectivity index (χ0v) is 13.3. The molecule has 0 radical (unpaired) electrons. The Morgan fingerprint density at radius 1 is 0.889 bits per heavy atom. The van der Waals surface area contributed by atoms with Gasteiger partial charge in [-0.05, 0) is 74.4 Å². The molecule has 1 aromatic carbocycles. The van der Waals surface area contributed by atoms with Crippen LogP contribution in [0.5, 0.6) is 0 Å². The van der Waals surface area contributed by atoms with Crippen molar-refractivity contribution in [1.82, 2.24) is 5.32 Å². The molecule has 18 heavy (non-hydrogen) atoms. The summed E-state index contributed by atoms with van der Waals surface area (Å²) in [4.78, 5) is 0. The van der Waals surface area contributed by atoms with Gasteiger partial charge in [0.15, 0.2) is 0 Å². The van der Waals surface area contributed by atoms with Crippen molar-refractivity contribution in [3.05, 3.63) is 33.9 Å². The van der Waals surface area contributed by atoms with Crippen LogP contribution in [0.4, 0.5) is 0 Å². The summed E-state index contributed by atoms with van der Waals surface area (Å²) in [5.41, 5.74) is 7.22. The molecule has 1 rings (SSSR count). The van der Waals surface area contributed by atoms with Gasteiger partial charge < -0.3 is 5.32 Å². The molecule has 0 saturated carbocycles. The maximum absolute atomic E-state index is 3.54. The first-order valence-electron chi connectivity index (χ1n) is 7.05. The van der Waals surface area contributed by atoms with Crippen LogP contribution in [0, 0.1) is 39.5 Å². The molecule has 0 aliphatic carbocycles. The molecule has 0 amide bonds. The molecule has 1 N–H and O–H groups in total. The van der Waals surface area contributed by atoms with Crippen LogP contribution in [0.2, 0.25) is 0 Å². The van der Waals surface area contributed by atoms with E-state index in [0.717, 1.165) is 0 Å². The molecule has 102 valence electrons. The van der Waals surface area contributed by atoms with E-state index < -0.39 is 0 Å². The normalized spacial score (nSPS) is 14.9. The number of hydrogen-bond acceptors (Lipinski definition) is 1. The van der Waals surface area contributed by atoms with Gasteiger partial charge in [0, 0.05) is 6.04 Å². The molecule has 0 fully saturated rings. The molecule has 0 heterocycles. The Kier molecular flexibility index (Phi) is 4.98. The molecule has 2 atom stereocenters. The first kappa shape index (κ1) is 15.2. The van der Waals surface area contributed by atoms with Gasteiger partial charge in [-0.15, -0.1) is 0 Å². The van der Waals surface area contributed by atoms with E-state index in [1.165, 1.54) is 27.8 Å². The summed E-state index contributed by atoms with van der Waals surface area (Å²) < 4.78 is 0. The van der Waals surface area contributed by atoms with Crippen molar-refractivity contribution in [2.75, 3.05) is 7.05 Å². The molecule has 1 aromatic rings. The summed E-state index contributed by atoms with van der Waals surface area (Å²) in [6, 6.07) is 2.75. The Balaban J connectivity index is 3.37. The number of hydrogen-bond donors (Lipinski definition) is 1. The predicted molar refractivity (Wildman–Crippen MR) is 81.2 cm³/mol. The van der Waals surface area contributed by atoms with Gasteiger partial charge in [-0.1, -0.05) is 26.8 Å². The Bertz CT molecular complexity index is 392. The monoisotopic (exact) mass is 247 g/mol. The molecule has 1 heteroatoms. The Hall–Kier alpha value is -0.820. The van der Waals surface area contributed by atoms with Crippen LogP contribution in [0.15, 0.2) is 6.07 Å². The maximum atomic E-state index is 3.54. The molecule has 0 spiro atoms. The fraction of sp³-hybridized carbons (Fsp3) is 0.647. The lowest BCUT2D eigenvalue weighted by atomic mass is 9.80. The van der Waals surface area contributed by atoms with Crippen molar-refractivity contribution in [2.45, 2.75) is 54.5 Å². The first-order valence-corrected chi connectivity index (χ1v) is 7.05. The number of rotatable bonds is 4. The van der Waals surface area contributed by atoms with Gasteiger partial charge in [-0.2, -0.15) is 0 Å². The second-order valence-corrected chi connectivity index (χ2v) is 6.04. The van der Waals surface area contributed by atoms with E-state index in [1.807, 2.05) is 0 Å². The lowest BCUT2D eigenvalue weighted by Gasteiger charge is -2.31. The second-order valence-electron chi connectivity index (χ2n) is 6.04. The average Bonchev–Trinajstić information content (AvgIpc) is 2.31. The van der Waals surface area contributed by atoms with Crippen molar-refractivity contribution in [1.29, 1.82) is 0 Å². The minimum atomic E-state index is 0.448. The van der Waals surface area contributed by atoms with Crippen molar-refractivity contribution < 1.29 is 0 Å². The third-order valence-corrected chi connectivity index (χ3v) is 4.62. The highest BCUT2D eigenvalue weighted by Gasteiger charge is 2.24. The van der Waals surface area contributed by atoms with Crippen LogP contribution in [-0.4, -0.2) is 7.05 Å². The second kappa shape index (κ2) is 5.88. The van der Waals surface area contributed by atoms with Crippen LogP contribution in [0.1, 0.15) is 54.6 Å². The van der Waals surface area contributed by atoms with Gasteiger partial charge in [-0.25, -0.2) is 0 Å². The van der Waals surface area contributed by atoms with E-state index in [2.05, 4.69) is 66.9 Å². The van der Waals surface area contributed by atoms with E-state index in [0.29, 0.717) is 17.9 Å². The van der Waals surface area contributed by atoms with Gasteiger partial charge in [-0.3, -0.25) is 0 Å². The van der Waals surface area contributed by atoms with Crippen LogP contribution in [-0.2, 0) is 0 Å². The highest BCUT2D eigenvalue weighted by molar-refractivity contribution is 5.46. The van der Waals surface area contributed by atoms with Crippen LogP contribution in [0.25, 0.3) is 0 Å². The molecule has 0 aliphatic rings. The van der Waals surface area contributed by atoms with Gasteiger partial charge in [0.05, 0.1) is 0 Å². The summed E-state index contributed by atoms with van der Waals surface area (Å²) in [5, 5.41) is 3.54. The molecule has 0 saturated heterocycles.